The molecule has 0 saturated heterocycles. The second-order valence-corrected chi connectivity index (χ2v) is 3.74. The predicted molar refractivity (Wildman–Crippen MR) is 52.9 cm³/mol. The van der Waals surface area contributed by atoms with Gasteiger partial charge < -0.3 is 19.7 Å². The van der Waals surface area contributed by atoms with Gasteiger partial charge in [0.2, 0.25) is 6.79 Å². The number of benzene rings is 1. The van der Waals surface area contributed by atoms with Crippen molar-refractivity contribution >= 4 is 21.9 Å². The number of hydrogen-bond acceptors (Lipinski definition) is 4. The molecule has 1 unspecified atom stereocenters. The summed E-state index contributed by atoms with van der Waals surface area (Å²) in [6.45, 7) is 0.0978. The molecule has 2 N–H and O–H groups in total. The third-order valence-corrected chi connectivity index (χ3v) is 2.86. The first-order chi connectivity index (χ1) is 7.11. The summed E-state index contributed by atoms with van der Waals surface area (Å²) in [5.41, 5.74) is 0.242. The molecule has 1 atom stereocenters. The number of ether oxygens (including phenoxy) is 2. The molecule has 0 saturated carbocycles. The molecule has 1 heterocycles. The topological polar surface area (TPSA) is 76.0 Å². The predicted octanol–water partition coefficient (Wildman–Crippen LogP) is 1.30. The molecule has 0 amide bonds. The minimum absolute atomic E-state index is 0.0978. The van der Waals surface area contributed by atoms with Crippen molar-refractivity contribution in [2.45, 2.75) is 6.10 Å². The van der Waals surface area contributed by atoms with E-state index in [1.165, 1.54) is 6.07 Å². The van der Waals surface area contributed by atoms with Crippen molar-refractivity contribution in [3.8, 4) is 11.5 Å². The first-order valence-electron chi connectivity index (χ1n) is 4.10. The lowest BCUT2D eigenvalue weighted by molar-refractivity contribution is -0.147. The summed E-state index contributed by atoms with van der Waals surface area (Å²) in [4.78, 5) is 10.6. The fraction of sp³-hybridized carbons (Fsp3) is 0.222. The van der Waals surface area contributed by atoms with Gasteiger partial charge in [-0.3, -0.25) is 0 Å². The van der Waals surface area contributed by atoms with Gasteiger partial charge in [-0.05, 0) is 22.0 Å². The zero-order valence-electron chi connectivity index (χ0n) is 7.44. The van der Waals surface area contributed by atoms with Gasteiger partial charge in [0.05, 0.1) is 4.47 Å². The van der Waals surface area contributed by atoms with E-state index in [0.29, 0.717) is 16.0 Å². The molecule has 1 aliphatic heterocycles. The SMILES string of the molecule is O=C(O)C(O)c1ccc2c(c1Br)OCO2. The maximum Gasteiger partial charge on any atom is 0.337 e. The molecule has 0 bridgehead atoms. The summed E-state index contributed by atoms with van der Waals surface area (Å²) in [6.07, 6.45) is -1.58. The second kappa shape index (κ2) is 3.71. The fourth-order valence-electron chi connectivity index (χ4n) is 1.30. The molecular weight excluding hydrogens is 268 g/mol. The first-order valence-corrected chi connectivity index (χ1v) is 4.89. The van der Waals surface area contributed by atoms with E-state index in [9.17, 15) is 9.90 Å². The van der Waals surface area contributed by atoms with Crippen molar-refractivity contribution in [2.75, 3.05) is 6.79 Å². The van der Waals surface area contributed by atoms with E-state index in [1.54, 1.807) is 6.07 Å². The van der Waals surface area contributed by atoms with Crippen molar-refractivity contribution < 1.29 is 24.5 Å². The van der Waals surface area contributed by atoms with Crippen LogP contribution in [-0.2, 0) is 4.79 Å². The van der Waals surface area contributed by atoms with Crippen molar-refractivity contribution in [1.82, 2.24) is 0 Å². The zero-order valence-corrected chi connectivity index (χ0v) is 9.02. The lowest BCUT2D eigenvalue weighted by atomic mass is 10.1. The molecule has 1 aromatic rings. The van der Waals surface area contributed by atoms with Crippen LogP contribution in [-0.4, -0.2) is 23.0 Å². The van der Waals surface area contributed by atoms with Crippen LogP contribution in [0.4, 0.5) is 0 Å². The average Bonchev–Trinajstić information content (AvgIpc) is 2.66. The maximum atomic E-state index is 10.6. The van der Waals surface area contributed by atoms with Crippen molar-refractivity contribution in [2.24, 2.45) is 0 Å². The van der Waals surface area contributed by atoms with E-state index in [0.717, 1.165) is 0 Å². The molecule has 1 aromatic carbocycles. The molecule has 0 radical (unpaired) electrons. The van der Waals surface area contributed by atoms with Crippen LogP contribution in [0.25, 0.3) is 0 Å². The highest BCUT2D eigenvalue weighted by atomic mass is 79.9. The Hall–Kier alpha value is -1.27. The standard InChI is InChI=1S/C9H7BrO5/c10-6-4(7(11)9(12)13)1-2-5-8(6)15-3-14-5/h1-2,7,11H,3H2,(H,12,13). The van der Waals surface area contributed by atoms with Gasteiger partial charge in [-0.2, -0.15) is 0 Å². The lowest BCUT2D eigenvalue weighted by Gasteiger charge is -2.09. The minimum atomic E-state index is -1.58. The molecule has 6 heteroatoms. The Bertz CT molecular complexity index is 417. The van der Waals surface area contributed by atoms with Crippen LogP contribution in [0, 0.1) is 0 Å². The normalized spacial score (nSPS) is 15.1. The van der Waals surface area contributed by atoms with E-state index in [4.69, 9.17) is 14.6 Å². The van der Waals surface area contributed by atoms with Crippen molar-refractivity contribution in [3.63, 3.8) is 0 Å². The summed E-state index contributed by atoms with van der Waals surface area (Å²) in [5.74, 6) is -0.356. The molecule has 0 spiro atoms. The number of hydrogen-bond donors (Lipinski definition) is 2. The molecule has 1 aliphatic rings. The van der Waals surface area contributed by atoms with E-state index in [1.807, 2.05) is 0 Å². The Labute approximate surface area is 93.4 Å². The molecule has 0 fully saturated rings. The number of carboxylic acid groups (broad SMARTS) is 1. The van der Waals surface area contributed by atoms with Crippen LogP contribution < -0.4 is 9.47 Å². The minimum Gasteiger partial charge on any atom is -0.479 e. The summed E-state index contributed by atoms with van der Waals surface area (Å²) in [7, 11) is 0. The monoisotopic (exact) mass is 274 g/mol. The summed E-state index contributed by atoms with van der Waals surface area (Å²) >= 11 is 3.17. The second-order valence-electron chi connectivity index (χ2n) is 2.94. The highest BCUT2D eigenvalue weighted by molar-refractivity contribution is 9.10. The quantitative estimate of drug-likeness (QED) is 0.850. The van der Waals surface area contributed by atoms with Gasteiger partial charge in [0, 0.05) is 5.56 Å². The van der Waals surface area contributed by atoms with Gasteiger partial charge in [0.1, 0.15) is 0 Å². The Balaban J connectivity index is 2.46. The van der Waals surface area contributed by atoms with Gasteiger partial charge >= 0.3 is 5.97 Å². The number of aliphatic hydroxyl groups is 1. The van der Waals surface area contributed by atoms with Crippen molar-refractivity contribution in [1.29, 1.82) is 0 Å². The maximum absolute atomic E-state index is 10.6. The highest BCUT2D eigenvalue weighted by Gasteiger charge is 2.25. The van der Waals surface area contributed by atoms with Gasteiger partial charge in [-0.25, -0.2) is 4.79 Å². The number of rotatable bonds is 2. The van der Waals surface area contributed by atoms with Crippen molar-refractivity contribution in [3.05, 3.63) is 22.2 Å². The van der Waals surface area contributed by atoms with E-state index >= 15 is 0 Å². The largest absolute Gasteiger partial charge is 0.479 e. The number of carbonyl (C=O) groups is 1. The Morgan fingerprint density at radius 3 is 2.87 bits per heavy atom. The Morgan fingerprint density at radius 1 is 1.47 bits per heavy atom. The Kier molecular flexibility index (Phi) is 2.54. The first kappa shape index (κ1) is 10.3. The molecule has 2 rings (SSSR count). The number of carboxylic acids is 1. The highest BCUT2D eigenvalue weighted by Crippen LogP contribution is 2.42. The lowest BCUT2D eigenvalue weighted by Crippen LogP contribution is -2.11. The molecule has 15 heavy (non-hydrogen) atoms. The number of aliphatic carboxylic acids is 1. The van der Waals surface area contributed by atoms with Gasteiger partial charge in [-0.15, -0.1) is 0 Å². The van der Waals surface area contributed by atoms with Crippen LogP contribution in [0.5, 0.6) is 11.5 Å². The third-order valence-electron chi connectivity index (χ3n) is 2.04. The van der Waals surface area contributed by atoms with Crippen LogP contribution in [0.3, 0.4) is 0 Å². The average molecular weight is 275 g/mol. The number of fused-ring (bicyclic) bond motifs is 1. The van der Waals surface area contributed by atoms with Crippen LogP contribution in [0.15, 0.2) is 16.6 Å². The Morgan fingerprint density at radius 2 is 2.20 bits per heavy atom. The van der Waals surface area contributed by atoms with Gasteiger partial charge in [-0.1, -0.05) is 6.07 Å². The fourth-order valence-corrected chi connectivity index (χ4v) is 1.96. The third kappa shape index (κ3) is 1.66. The summed E-state index contributed by atoms with van der Waals surface area (Å²) < 4.78 is 10.6. The smallest absolute Gasteiger partial charge is 0.337 e. The zero-order chi connectivity index (χ0) is 11.0. The molecule has 5 nitrogen and oxygen atoms in total. The molecular formula is C9H7BrO5. The van der Waals surface area contributed by atoms with Crippen LogP contribution in [0.2, 0.25) is 0 Å². The van der Waals surface area contributed by atoms with Crippen LogP contribution >= 0.6 is 15.9 Å². The summed E-state index contributed by atoms with van der Waals surface area (Å²) in [5, 5.41) is 18.0. The van der Waals surface area contributed by atoms with Gasteiger partial charge in [0.15, 0.2) is 17.6 Å². The number of aliphatic hydroxyl groups excluding tert-OH is 1. The molecule has 0 aliphatic carbocycles. The molecule has 80 valence electrons. The van der Waals surface area contributed by atoms with E-state index in [-0.39, 0.29) is 12.4 Å². The number of halogens is 1. The van der Waals surface area contributed by atoms with Gasteiger partial charge in [0.25, 0.3) is 0 Å². The molecule has 0 aromatic heterocycles. The van der Waals surface area contributed by atoms with Crippen LogP contribution in [0.1, 0.15) is 11.7 Å². The van der Waals surface area contributed by atoms with E-state index < -0.39 is 12.1 Å². The summed E-state index contributed by atoms with van der Waals surface area (Å²) in [6, 6.07) is 3.05. The van der Waals surface area contributed by atoms with E-state index in [2.05, 4.69) is 15.9 Å².